The van der Waals surface area contributed by atoms with Gasteiger partial charge in [-0.2, -0.15) is 13.2 Å². The second-order valence-corrected chi connectivity index (χ2v) is 15.2. The third kappa shape index (κ3) is 6.25. The van der Waals surface area contributed by atoms with Crippen LogP contribution >= 0.6 is 0 Å². The standard InChI is InChI=1S/C18H15S.C14H17F5O5S/c1-4-10-16(11-5-1)19(17-12-6-2-7-13-17)18-14-8-3-9-15-18;15-10(16)13(17,14(18,19)25(21,22)23)24-11(20)12-4-7-1-8(5-12)3-9(2-7)6-12/h1-15H;7-10H,1-6H2,(H,21,22,23)/q+1;/p-1. The van der Waals surface area contributed by atoms with E-state index in [1.54, 1.807) is 0 Å². The van der Waals surface area contributed by atoms with Gasteiger partial charge in [-0.3, -0.25) is 4.79 Å². The van der Waals surface area contributed by atoms with Crippen molar-refractivity contribution in [2.75, 3.05) is 0 Å². The zero-order valence-corrected chi connectivity index (χ0v) is 25.1. The van der Waals surface area contributed by atoms with E-state index in [0.717, 1.165) is 19.3 Å². The molecule has 4 aliphatic carbocycles. The number of hydrogen-bond acceptors (Lipinski definition) is 5. The van der Waals surface area contributed by atoms with Crippen LogP contribution in [-0.4, -0.2) is 36.5 Å². The number of alkyl halides is 5. The third-order valence-electron chi connectivity index (χ3n) is 8.64. The van der Waals surface area contributed by atoms with E-state index >= 15 is 0 Å². The lowest BCUT2D eigenvalue weighted by atomic mass is 9.49. The Kier molecular flexibility index (Phi) is 9.17. The van der Waals surface area contributed by atoms with Crippen LogP contribution in [0.1, 0.15) is 38.5 Å². The minimum atomic E-state index is -6.82. The average Bonchev–Trinajstić information content (AvgIpc) is 2.98. The molecule has 44 heavy (non-hydrogen) atoms. The molecule has 12 heteroatoms. The van der Waals surface area contributed by atoms with Gasteiger partial charge in [0.05, 0.1) is 16.3 Å². The van der Waals surface area contributed by atoms with E-state index in [0.29, 0.717) is 0 Å². The van der Waals surface area contributed by atoms with E-state index < -0.39 is 39.0 Å². The van der Waals surface area contributed by atoms with Gasteiger partial charge in [0, 0.05) is 0 Å². The van der Waals surface area contributed by atoms with E-state index in [2.05, 4.69) is 95.7 Å². The molecule has 0 aliphatic heterocycles. The van der Waals surface area contributed by atoms with Gasteiger partial charge < -0.3 is 9.29 Å². The molecule has 0 amide bonds. The van der Waals surface area contributed by atoms with Gasteiger partial charge in [-0.25, -0.2) is 17.2 Å². The number of esters is 1. The zero-order valence-electron chi connectivity index (χ0n) is 23.5. The first-order valence-electron chi connectivity index (χ1n) is 14.2. The van der Waals surface area contributed by atoms with Crippen molar-refractivity contribution in [1.82, 2.24) is 0 Å². The van der Waals surface area contributed by atoms with Gasteiger partial charge in [0.2, 0.25) is 0 Å². The SMILES string of the molecule is O=C(OC(F)(C(F)F)C(F)(F)S(=O)(=O)[O-])C12CC3CC(CC(C3)C1)C2.c1ccc([S+](c2ccccc2)c2ccccc2)cc1. The molecular weight excluding hydrogens is 623 g/mol. The van der Waals surface area contributed by atoms with Crippen LogP contribution < -0.4 is 0 Å². The summed E-state index contributed by atoms with van der Waals surface area (Å²) >= 11 is 0. The summed E-state index contributed by atoms with van der Waals surface area (Å²) in [5.74, 6) is -6.83. The molecule has 0 spiro atoms. The third-order valence-corrected chi connectivity index (χ3v) is 11.8. The summed E-state index contributed by atoms with van der Waals surface area (Å²) in [6.07, 6.45) is -1.62. The molecule has 0 aromatic heterocycles. The predicted molar refractivity (Wildman–Crippen MR) is 153 cm³/mol. The Labute approximate surface area is 255 Å². The molecule has 0 N–H and O–H groups in total. The number of rotatable bonds is 8. The number of ether oxygens (including phenoxy) is 1. The Balaban J connectivity index is 0.000000181. The Morgan fingerprint density at radius 3 is 1.39 bits per heavy atom. The summed E-state index contributed by atoms with van der Waals surface area (Å²) in [5, 5.41) is -6.11. The maximum Gasteiger partial charge on any atom is 0.408 e. The Bertz CT molecular complexity index is 1410. The van der Waals surface area contributed by atoms with Crippen molar-refractivity contribution in [2.24, 2.45) is 23.2 Å². The average molecular weight is 655 g/mol. The van der Waals surface area contributed by atoms with E-state index in [9.17, 15) is 39.7 Å². The van der Waals surface area contributed by atoms with Gasteiger partial charge in [0.15, 0.2) is 24.8 Å². The van der Waals surface area contributed by atoms with Gasteiger partial charge in [0.1, 0.15) is 0 Å². The van der Waals surface area contributed by atoms with Gasteiger partial charge in [-0.1, -0.05) is 54.6 Å². The number of halogens is 5. The fourth-order valence-electron chi connectivity index (χ4n) is 7.08. The maximum atomic E-state index is 14.2. The summed E-state index contributed by atoms with van der Waals surface area (Å²) in [6, 6.07) is 32.2. The van der Waals surface area contributed by atoms with Crippen molar-refractivity contribution in [3.05, 3.63) is 91.0 Å². The minimum absolute atomic E-state index is 0.0146. The van der Waals surface area contributed by atoms with Crippen molar-refractivity contribution in [3.63, 3.8) is 0 Å². The van der Waals surface area contributed by atoms with Crippen LogP contribution in [0.4, 0.5) is 22.0 Å². The summed E-state index contributed by atoms with van der Waals surface area (Å²) in [6.45, 7) is 0. The molecular formula is C32H31F5O5S2. The van der Waals surface area contributed by atoms with E-state index in [1.165, 1.54) is 14.7 Å². The second-order valence-electron chi connectivity index (χ2n) is 11.7. The number of carbonyl (C=O) groups excluding carboxylic acids is 1. The molecule has 7 rings (SSSR count). The molecule has 4 aliphatic rings. The second kappa shape index (κ2) is 12.4. The lowest BCUT2D eigenvalue weighted by Gasteiger charge is -2.55. The first-order valence-corrected chi connectivity index (χ1v) is 16.8. The van der Waals surface area contributed by atoms with Crippen molar-refractivity contribution < 1.29 is 44.5 Å². The summed E-state index contributed by atoms with van der Waals surface area (Å²) < 4.78 is 103. The molecule has 236 valence electrons. The Morgan fingerprint density at radius 1 is 0.750 bits per heavy atom. The molecule has 0 heterocycles. The van der Waals surface area contributed by atoms with E-state index in [-0.39, 0.29) is 47.9 Å². The molecule has 4 fully saturated rings. The predicted octanol–water partition coefficient (Wildman–Crippen LogP) is 7.60. The maximum absolute atomic E-state index is 14.2. The largest absolute Gasteiger partial charge is 0.743 e. The Hall–Kier alpha value is -2.96. The fourth-order valence-corrected chi connectivity index (χ4v) is 9.66. The molecule has 1 unspecified atom stereocenters. The fraction of sp³-hybridized carbons (Fsp3) is 0.406. The number of carbonyl (C=O) groups is 1. The van der Waals surface area contributed by atoms with Crippen molar-refractivity contribution in [2.45, 2.75) is 70.7 Å². The minimum Gasteiger partial charge on any atom is -0.743 e. The summed E-state index contributed by atoms with van der Waals surface area (Å²) in [4.78, 5) is 16.4. The first-order chi connectivity index (χ1) is 20.8. The van der Waals surface area contributed by atoms with Crippen LogP contribution in [-0.2, 0) is 30.5 Å². The van der Waals surface area contributed by atoms with Crippen LogP contribution in [0.25, 0.3) is 0 Å². The molecule has 3 aromatic carbocycles. The lowest BCUT2D eigenvalue weighted by Crippen LogP contribution is -2.60. The highest BCUT2D eigenvalue weighted by atomic mass is 32.2. The summed E-state index contributed by atoms with van der Waals surface area (Å²) in [5.41, 5.74) is -1.37. The first kappa shape index (κ1) is 32.4. The molecule has 0 radical (unpaired) electrons. The Morgan fingerprint density at radius 2 is 1.09 bits per heavy atom. The molecule has 0 saturated heterocycles. The van der Waals surface area contributed by atoms with Gasteiger partial charge in [0.25, 0.3) is 0 Å². The quantitative estimate of drug-likeness (QED) is 0.108. The van der Waals surface area contributed by atoms with Crippen molar-refractivity contribution >= 4 is 27.0 Å². The summed E-state index contributed by atoms with van der Waals surface area (Å²) in [7, 11) is -6.84. The molecule has 4 bridgehead atoms. The van der Waals surface area contributed by atoms with Gasteiger partial charge in [-0.05, 0) is 92.7 Å². The van der Waals surface area contributed by atoms with Crippen LogP contribution in [0.3, 0.4) is 0 Å². The van der Waals surface area contributed by atoms with Crippen molar-refractivity contribution in [1.29, 1.82) is 0 Å². The highest BCUT2D eigenvalue weighted by Gasteiger charge is 2.71. The monoisotopic (exact) mass is 654 g/mol. The molecule has 4 saturated carbocycles. The molecule has 1 atom stereocenters. The zero-order chi connectivity index (χ0) is 31.8. The van der Waals surface area contributed by atoms with E-state index in [4.69, 9.17) is 0 Å². The highest BCUT2D eigenvalue weighted by Crippen LogP contribution is 2.61. The smallest absolute Gasteiger partial charge is 0.408 e. The normalized spacial score (nSPS) is 25.7. The van der Waals surface area contributed by atoms with E-state index in [1.807, 2.05) is 0 Å². The molecule has 5 nitrogen and oxygen atoms in total. The van der Waals surface area contributed by atoms with Crippen LogP contribution in [0.5, 0.6) is 0 Å². The van der Waals surface area contributed by atoms with Crippen molar-refractivity contribution in [3.8, 4) is 0 Å². The van der Waals surface area contributed by atoms with Gasteiger partial charge >= 0.3 is 23.5 Å². The lowest BCUT2D eigenvalue weighted by molar-refractivity contribution is -0.292. The number of hydrogen-bond donors (Lipinski definition) is 0. The molecule has 3 aromatic rings. The topological polar surface area (TPSA) is 83.5 Å². The van der Waals surface area contributed by atoms with Crippen LogP contribution in [0.2, 0.25) is 0 Å². The van der Waals surface area contributed by atoms with Crippen LogP contribution in [0, 0.1) is 23.2 Å². The van der Waals surface area contributed by atoms with Gasteiger partial charge in [-0.15, -0.1) is 0 Å². The van der Waals surface area contributed by atoms with Crippen LogP contribution in [0.15, 0.2) is 106 Å². The number of benzene rings is 3. The highest BCUT2D eigenvalue weighted by molar-refractivity contribution is 7.97.